The molecular weight excluding hydrogens is 286 g/mol. The van der Waals surface area contributed by atoms with Gasteiger partial charge in [-0.2, -0.15) is 0 Å². The Morgan fingerprint density at radius 3 is 2.14 bits per heavy atom. The molecule has 6 heteroatoms. The van der Waals surface area contributed by atoms with Gasteiger partial charge in [-0.1, -0.05) is 12.1 Å². The van der Waals surface area contributed by atoms with Crippen LogP contribution in [0.5, 0.6) is 0 Å². The molecule has 6 nitrogen and oxygen atoms in total. The Balaban J connectivity index is 2.08. The number of methoxy groups -OCH3 is 1. The summed E-state index contributed by atoms with van der Waals surface area (Å²) >= 11 is 0. The van der Waals surface area contributed by atoms with E-state index in [9.17, 15) is 14.4 Å². The van der Waals surface area contributed by atoms with Crippen molar-refractivity contribution in [2.24, 2.45) is 0 Å². The van der Waals surface area contributed by atoms with Crippen LogP contribution in [0.1, 0.15) is 40.5 Å². The van der Waals surface area contributed by atoms with Gasteiger partial charge in [-0.05, 0) is 31.9 Å². The summed E-state index contributed by atoms with van der Waals surface area (Å²) in [5.41, 5.74) is 0.214. The molecule has 0 bridgehead atoms. The van der Waals surface area contributed by atoms with Crippen LogP contribution >= 0.6 is 0 Å². The van der Waals surface area contributed by atoms with Crippen LogP contribution in [0.25, 0.3) is 0 Å². The number of hydrogen-bond acceptors (Lipinski definition) is 5. The summed E-state index contributed by atoms with van der Waals surface area (Å²) in [4.78, 5) is 37.7. The molecule has 1 fully saturated rings. The normalized spacial score (nSPS) is 15.3. The molecule has 1 unspecified atom stereocenters. The number of carbonyl (C=O) groups excluding carboxylic acids is 3. The highest BCUT2D eigenvalue weighted by Gasteiger charge is 2.27. The first-order chi connectivity index (χ1) is 10.5. The molecule has 1 heterocycles. The van der Waals surface area contributed by atoms with Gasteiger partial charge >= 0.3 is 11.9 Å². The maximum absolute atomic E-state index is 12.2. The Labute approximate surface area is 129 Å². The monoisotopic (exact) mass is 305 g/mol. The lowest BCUT2D eigenvalue weighted by Crippen LogP contribution is -2.38. The minimum Gasteiger partial charge on any atom is -0.465 e. The van der Waals surface area contributed by atoms with Gasteiger partial charge in [-0.15, -0.1) is 0 Å². The molecule has 0 saturated carbocycles. The average molecular weight is 305 g/mol. The molecule has 2 rings (SSSR count). The molecule has 0 spiro atoms. The third kappa shape index (κ3) is 3.44. The van der Waals surface area contributed by atoms with Gasteiger partial charge in [-0.25, -0.2) is 9.59 Å². The molecule has 118 valence electrons. The Morgan fingerprint density at radius 1 is 1.05 bits per heavy atom. The maximum Gasteiger partial charge on any atom is 0.339 e. The van der Waals surface area contributed by atoms with Gasteiger partial charge in [-0.3, -0.25) is 4.79 Å². The zero-order chi connectivity index (χ0) is 16.1. The molecule has 1 aliphatic rings. The molecule has 0 radical (unpaired) electrons. The van der Waals surface area contributed by atoms with E-state index in [1.54, 1.807) is 24.0 Å². The average Bonchev–Trinajstić information content (AvgIpc) is 3.07. The van der Waals surface area contributed by atoms with Crippen molar-refractivity contribution in [2.75, 3.05) is 20.2 Å². The van der Waals surface area contributed by atoms with E-state index in [1.165, 1.54) is 19.2 Å². The lowest BCUT2D eigenvalue weighted by Gasteiger charge is -2.20. The highest BCUT2D eigenvalue weighted by atomic mass is 16.5. The van der Waals surface area contributed by atoms with Gasteiger partial charge in [0.1, 0.15) is 0 Å². The van der Waals surface area contributed by atoms with Crippen LogP contribution in [-0.2, 0) is 14.3 Å². The predicted octanol–water partition coefficient (Wildman–Crippen LogP) is 1.64. The summed E-state index contributed by atoms with van der Waals surface area (Å²) in [6, 6.07) is 6.20. The topological polar surface area (TPSA) is 72.9 Å². The van der Waals surface area contributed by atoms with Crippen LogP contribution in [0.2, 0.25) is 0 Å². The second-order valence-corrected chi connectivity index (χ2v) is 5.12. The Kier molecular flexibility index (Phi) is 5.14. The van der Waals surface area contributed by atoms with Crippen molar-refractivity contribution >= 4 is 17.8 Å². The first-order valence-electron chi connectivity index (χ1n) is 7.21. The van der Waals surface area contributed by atoms with E-state index >= 15 is 0 Å². The number of rotatable bonds is 4. The second-order valence-electron chi connectivity index (χ2n) is 5.12. The first kappa shape index (κ1) is 16.0. The molecule has 1 saturated heterocycles. The quantitative estimate of drug-likeness (QED) is 0.791. The standard InChI is InChI=1S/C16H19NO5/c1-11(14(18)17-9-5-6-10-17)22-16(20)13-8-4-3-7-12(13)15(19)21-2/h3-4,7-8,11H,5-6,9-10H2,1-2H3. The fourth-order valence-corrected chi connectivity index (χ4v) is 2.42. The Morgan fingerprint density at radius 2 is 1.59 bits per heavy atom. The first-order valence-corrected chi connectivity index (χ1v) is 7.21. The van der Waals surface area contributed by atoms with E-state index in [0.717, 1.165) is 12.8 Å². The molecule has 0 N–H and O–H groups in total. The lowest BCUT2D eigenvalue weighted by molar-refractivity contribution is -0.138. The number of ether oxygens (including phenoxy) is 2. The predicted molar refractivity (Wildman–Crippen MR) is 78.5 cm³/mol. The van der Waals surface area contributed by atoms with Crippen molar-refractivity contribution in [1.82, 2.24) is 4.90 Å². The maximum atomic E-state index is 12.2. The molecule has 1 aromatic rings. The fourth-order valence-electron chi connectivity index (χ4n) is 2.42. The van der Waals surface area contributed by atoms with Crippen LogP contribution in [0.4, 0.5) is 0 Å². The van der Waals surface area contributed by atoms with E-state index < -0.39 is 18.0 Å². The van der Waals surface area contributed by atoms with E-state index in [2.05, 4.69) is 4.74 Å². The van der Waals surface area contributed by atoms with Crippen molar-refractivity contribution in [2.45, 2.75) is 25.9 Å². The summed E-state index contributed by atoms with van der Waals surface area (Å²) in [6.07, 6.45) is 1.06. The Bertz CT molecular complexity index is 578. The van der Waals surface area contributed by atoms with E-state index in [1.807, 2.05) is 0 Å². The van der Waals surface area contributed by atoms with Crippen molar-refractivity contribution in [3.63, 3.8) is 0 Å². The third-order valence-corrected chi connectivity index (χ3v) is 3.60. The number of hydrogen-bond donors (Lipinski definition) is 0. The van der Waals surface area contributed by atoms with Gasteiger partial charge in [0.2, 0.25) is 0 Å². The van der Waals surface area contributed by atoms with Crippen LogP contribution in [0, 0.1) is 0 Å². The zero-order valence-corrected chi connectivity index (χ0v) is 12.7. The molecule has 1 aliphatic heterocycles. The van der Waals surface area contributed by atoms with E-state index in [4.69, 9.17) is 4.74 Å². The number of likely N-dealkylation sites (tertiary alicyclic amines) is 1. The highest BCUT2D eigenvalue weighted by molar-refractivity contribution is 6.03. The van der Waals surface area contributed by atoms with Gasteiger partial charge in [0.15, 0.2) is 6.10 Å². The largest absolute Gasteiger partial charge is 0.465 e. The van der Waals surface area contributed by atoms with E-state index in [0.29, 0.717) is 13.1 Å². The van der Waals surface area contributed by atoms with E-state index in [-0.39, 0.29) is 17.0 Å². The fraction of sp³-hybridized carbons (Fsp3) is 0.438. The Hall–Kier alpha value is -2.37. The number of esters is 2. The summed E-state index contributed by atoms with van der Waals surface area (Å²) in [7, 11) is 1.24. The van der Waals surface area contributed by atoms with Crippen LogP contribution in [-0.4, -0.2) is 49.0 Å². The van der Waals surface area contributed by atoms with Crippen molar-refractivity contribution < 1.29 is 23.9 Å². The molecule has 0 aliphatic carbocycles. The van der Waals surface area contributed by atoms with Crippen molar-refractivity contribution in [3.8, 4) is 0 Å². The number of nitrogens with zero attached hydrogens (tertiary/aromatic N) is 1. The summed E-state index contributed by atoms with van der Waals surface area (Å²) in [5, 5.41) is 0. The minimum absolute atomic E-state index is 0.0930. The van der Waals surface area contributed by atoms with Gasteiger partial charge < -0.3 is 14.4 Å². The number of carbonyl (C=O) groups is 3. The highest BCUT2D eigenvalue weighted by Crippen LogP contribution is 2.15. The zero-order valence-electron chi connectivity index (χ0n) is 12.7. The second kappa shape index (κ2) is 7.06. The summed E-state index contributed by atoms with van der Waals surface area (Å²) in [5.74, 6) is -1.53. The molecular formula is C16H19NO5. The van der Waals surface area contributed by atoms with Gasteiger partial charge in [0.05, 0.1) is 18.2 Å². The molecule has 0 aromatic heterocycles. The van der Waals surface area contributed by atoms with Crippen LogP contribution < -0.4 is 0 Å². The smallest absolute Gasteiger partial charge is 0.339 e. The third-order valence-electron chi connectivity index (χ3n) is 3.60. The SMILES string of the molecule is COC(=O)c1ccccc1C(=O)OC(C)C(=O)N1CCCC1. The molecule has 1 aromatic carbocycles. The molecule has 22 heavy (non-hydrogen) atoms. The van der Waals surface area contributed by atoms with Crippen molar-refractivity contribution in [3.05, 3.63) is 35.4 Å². The summed E-state index contributed by atoms with van der Waals surface area (Å²) in [6.45, 7) is 2.93. The van der Waals surface area contributed by atoms with Crippen LogP contribution in [0.15, 0.2) is 24.3 Å². The van der Waals surface area contributed by atoms with Gasteiger partial charge in [0, 0.05) is 13.1 Å². The number of amides is 1. The lowest BCUT2D eigenvalue weighted by atomic mass is 10.1. The molecule has 1 atom stereocenters. The van der Waals surface area contributed by atoms with Gasteiger partial charge in [0.25, 0.3) is 5.91 Å². The summed E-state index contributed by atoms with van der Waals surface area (Å²) < 4.78 is 9.85. The molecule has 1 amide bonds. The van der Waals surface area contributed by atoms with Crippen molar-refractivity contribution in [1.29, 1.82) is 0 Å². The minimum atomic E-state index is -0.878. The van der Waals surface area contributed by atoms with Crippen LogP contribution in [0.3, 0.4) is 0 Å². The number of benzene rings is 1.